The molecule has 2 amide bonds. The molecule has 0 radical (unpaired) electrons. The zero-order valence-electron chi connectivity index (χ0n) is 11.0. The van der Waals surface area contributed by atoms with Crippen molar-refractivity contribution in [1.29, 1.82) is 0 Å². The molecule has 0 saturated carbocycles. The van der Waals surface area contributed by atoms with E-state index in [1.54, 1.807) is 24.1 Å². The Morgan fingerprint density at radius 2 is 2.32 bits per heavy atom. The minimum Gasteiger partial charge on any atom is -0.354 e. The lowest BCUT2D eigenvalue weighted by molar-refractivity contribution is -0.132. The lowest BCUT2D eigenvalue weighted by Crippen LogP contribution is -2.57. The van der Waals surface area contributed by atoms with Gasteiger partial charge in [0.2, 0.25) is 17.8 Å². The summed E-state index contributed by atoms with van der Waals surface area (Å²) in [5.41, 5.74) is 0. The lowest BCUT2D eigenvalue weighted by Gasteiger charge is -2.32. The molecule has 1 fully saturated rings. The number of nitrogens with zero attached hydrogens (tertiary/aromatic N) is 3. The summed E-state index contributed by atoms with van der Waals surface area (Å²) in [6.45, 7) is 4.69. The average Bonchev–Trinajstić information content (AvgIpc) is 2.41. The van der Waals surface area contributed by atoms with Crippen LogP contribution in [0.1, 0.15) is 20.3 Å². The van der Waals surface area contributed by atoms with Crippen LogP contribution in [0.15, 0.2) is 12.3 Å². The zero-order chi connectivity index (χ0) is 13.8. The second-order valence-corrected chi connectivity index (χ2v) is 4.38. The third kappa shape index (κ3) is 2.98. The van der Waals surface area contributed by atoms with Crippen LogP contribution in [0.4, 0.5) is 11.8 Å². The maximum atomic E-state index is 11.6. The van der Waals surface area contributed by atoms with Crippen molar-refractivity contribution in [2.45, 2.75) is 26.3 Å². The van der Waals surface area contributed by atoms with Gasteiger partial charge >= 0.3 is 0 Å². The molecule has 2 rings (SSSR count). The van der Waals surface area contributed by atoms with E-state index < -0.39 is 6.04 Å². The molecule has 0 bridgehead atoms. The van der Waals surface area contributed by atoms with Crippen LogP contribution in [-0.4, -0.2) is 40.9 Å². The predicted molar refractivity (Wildman–Crippen MR) is 70.8 cm³/mol. The Balaban J connectivity index is 2.20. The lowest BCUT2D eigenvalue weighted by atomic mass is 10.2. The van der Waals surface area contributed by atoms with Gasteiger partial charge in [0.05, 0.1) is 6.54 Å². The highest BCUT2D eigenvalue weighted by Crippen LogP contribution is 2.17. The van der Waals surface area contributed by atoms with Gasteiger partial charge in [-0.1, -0.05) is 6.92 Å². The summed E-state index contributed by atoms with van der Waals surface area (Å²) in [5.74, 6) is 0.456. The number of aromatic nitrogens is 2. The monoisotopic (exact) mass is 263 g/mol. The van der Waals surface area contributed by atoms with E-state index in [0.717, 1.165) is 13.0 Å². The summed E-state index contributed by atoms with van der Waals surface area (Å²) in [6, 6.07) is 1.27. The van der Waals surface area contributed by atoms with Crippen molar-refractivity contribution in [1.82, 2.24) is 15.3 Å². The molecule has 1 atom stereocenters. The Kier molecular flexibility index (Phi) is 3.94. The summed E-state index contributed by atoms with van der Waals surface area (Å²) >= 11 is 0. The molecule has 0 aliphatic carbocycles. The molecule has 0 spiro atoms. The maximum absolute atomic E-state index is 11.6. The fourth-order valence-electron chi connectivity index (χ4n) is 1.83. The first-order valence-corrected chi connectivity index (χ1v) is 6.29. The largest absolute Gasteiger partial charge is 0.354 e. The number of carbonyl (C=O) groups is 2. The average molecular weight is 263 g/mol. The van der Waals surface area contributed by atoms with Gasteiger partial charge in [0, 0.05) is 12.7 Å². The van der Waals surface area contributed by atoms with Gasteiger partial charge in [-0.3, -0.25) is 14.9 Å². The van der Waals surface area contributed by atoms with Crippen molar-refractivity contribution in [2.24, 2.45) is 0 Å². The molecule has 102 valence electrons. The van der Waals surface area contributed by atoms with Crippen molar-refractivity contribution in [2.75, 3.05) is 23.3 Å². The first-order chi connectivity index (χ1) is 9.11. The standard InChI is InChI=1S/C12H17N5O2/c1-3-5-13-12-14-6-4-9(15-12)17-7-10(18)16-11(19)8(17)2/h4,6,8H,3,5,7H2,1-2H3,(H,13,14,15)(H,16,18,19). The second-order valence-electron chi connectivity index (χ2n) is 4.38. The minimum absolute atomic E-state index is 0.122. The van der Waals surface area contributed by atoms with Gasteiger partial charge in [-0.15, -0.1) is 0 Å². The second kappa shape index (κ2) is 5.64. The van der Waals surface area contributed by atoms with Crippen LogP contribution in [0.3, 0.4) is 0 Å². The number of rotatable bonds is 4. The van der Waals surface area contributed by atoms with Gasteiger partial charge in [0.1, 0.15) is 11.9 Å². The molecule has 2 N–H and O–H groups in total. The van der Waals surface area contributed by atoms with E-state index in [2.05, 4.69) is 20.6 Å². The smallest absolute Gasteiger partial charge is 0.249 e. The van der Waals surface area contributed by atoms with Gasteiger partial charge in [-0.25, -0.2) is 4.98 Å². The first-order valence-electron chi connectivity index (χ1n) is 6.29. The van der Waals surface area contributed by atoms with Crippen molar-refractivity contribution in [3.8, 4) is 0 Å². The summed E-state index contributed by atoms with van der Waals surface area (Å²) < 4.78 is 0. The molecule has 0 aromatic carbocycles. The van der Waals surface area contributed by atoms with Gasteiger partial charge in [-0.05, 0) is 19.4 Å². The molecule has 1 aromatic heterocycles. The van der Waals surface area contributed by atoms with Crippen molar-refractivity contribution < 1.29 is 9.59 Å². The molecule has 1 saturated heterocycles. The molecular formula is C12H17N5O2. The Morgan fingerprint density at radius 3 is 3.05 bits per heavy atom. The number of amides is 2. The fraction of sp³-hybridized carbons (Fsp3) is 0.500. The van der Waals surface area contributed by atoms with E-state index in [1.165, 1.54) is 0 Å². The van der Waals surface area contributed by atoms with Crippen LogP contribution in [0, 0.1) is 0 Å². The molecule has 7 heteroatoms. The van der Waals surface area contributed by atoms with Crippen LogP contribution >= 0.6 is 0 Å². The topological polar surface area (TPSA) is 87.2 Å². The number of piperazine rings is 1. The Morgan fingerprint density at radius 1 is 1.53 bits per heavy atom. The van der Waals surface area contributed by atoms with E-state index in [1.807, 2.05) is 6.92 Å². The molecule has 2 heterocycles. The highest BCUT2D eigenvalue weighted by atomic mass is 16.2. The van der Waals surface area contributed by atoms with E-state index in [-0.39, 0.29) is 18.4 Å². The number of imide groups is 1. The molecule has 1 aliphatic heterocycles. The number of anilines is 2. The third-order valence-electron chi connectivity index (χ3n) is 2.89. The molecule has 1 aromatic rings. The third-order valence-corrected chi connectivity index (χ3v) is 2.89. The SMILES string of the molecule is CCCNc1nccc(N2CC(=O)NC(=O)C2C)n1. The molecular weight excluding hydrogens is 246 g/mol. The highest BCUT2D eigenvalue weighted by molar-refractivity contribution is 6.04. The minimum atomic E-state index is -0.424. The maximum Gasteiger partial charge on any atom is 0.249 e. The van der Waals surface area contributed by atoms with Crippen molar-refractivity contribution in [3.63, 3.8) is 0 Å². The number of carbonyl (C=O) groups excluding carboxylic acids is 2. The molecule has 19 heavy (non-hydrogen) atoms. The van der Waals surface area contributed by atoms with E-state index in [9.17, 15) is 9.59 Å². The summed E-state index contributed by atoms with van der Waals surface area (Å²) in [6.07, 6.45) is 2.58. The van der Waals surface area contributed by atoms with Gasteiger partial charge in [-0.2, -0.15) is 4.98 Å². The molecule has 7 nitrogen and oxygen atoms in total. The Hall–Kier alpha value is -2.18. The van der Waals surface area contributed by atoms with Crippen LogP contribution in [0.2, 0.25) is 0 Å². The van der Waals surface area contributed by atoms with E-state index in [4.69, 9.17) is 0 Å². The van der Waals surface area contributed by atoms with Crippen LogP contribution in [0.25, 0.3) is 0 Å². The quantitative estimate of drug-likeness (QED) is 0.752. The van der Waals surface area contributed by atoms with E-state index in [0.29, 0.717) is 11.8 Å². The molecule has 1 aliphatic rings. The number of hydrogen-bond acceptors (Lipinski definition) is 6. The Labute approximate surface area is 111 Å². The van der Waals surface area contributed by atoms with Crippen molar-refractivity contribution in [3.05, 3.63) is 12.3 Å². The zero-order valence-corrected chi connectivity index (χ0v) is 11.0. The van der Waals surface area contributed by atoms with Crippen molar-refractivity contribution >= 4 is 23.6 Å². The van der Waals surface area contributed by atoms with Gasteiger partial charge in [0.15, 0.2) is 0 Å². The fourth-order valence-corrected chi connectivity index (χ4v) is 1.83. The highest BCUT2D eigenvalue weighted by Gasteiger charge is 2.31. The summed E-state index contributed by atoms with van der Waals surface area (Å²) in [7, 11) is 0. The van der Waals surface area contributed by atoms with Crippen LogP contribution in [0.5, 0.6) is 0 Å². The number of nitrogens with one attached hydrogen (secondary N) is 2. The van der Waals surface area contributed by atoms with E-state index >= 15 is 0 Å². The van der Waals surface area contributed by atoms with Gasteiger partial charge in [0.25, 0.3) is 0 Å². The number of hydrogen-bond donors (Lipinski definition) is 2. The van der Waals surface area contributed by atoms with Crippen LogP contribution < -0.4 is 15.5 Å². The first kappa shape index (κ1) is 13.3. The normalized spacial score (nSPS) is 19.3. The summed E-state index contributed by atoms with van der Waals surface area (Å²) in [4.78, 5) is 33.1. The van der Waals surface area contributed by atoms with Crippen LogP contribution in [-0.2, 0) is 9.59 Å². The Bertz CT molecular complexity index is 491. The molecule has 1 unspecified atom stereocenters. The van der Waals surface area contributed by atoms with Gasteiger partial charge < -0.3 is 10.2 Å². The predicted octanol–water partition coefficient (Wildman–Crippen LogP) is 0.150. The summed E-state index contributed by atoms with van der Waals surface area (Å²) in [5, 5.41) is 5.38.